The van der Waals surface area contributed by atoms with Crippen molar-refractivity contribution in [2.75, 3.05) is 10.6 Å². The van der Waals surface area contributed by atoms with Gasteiger partial charge in [-0.15, -0.1) is 10.2 Å². The molecule has 142 valence electrons. The lowest BCUT2D eigenvalue weighted by Crippen LogP contribution is -2.48. The van der Waals surface area contributed by atoms with E-state index in [-0.39, 0.29) is 11.4 Å². The molecular formula is C19H20Cl2N4OS. The Hall–Kier alpha value is -1.37. The number of hydrogen-bond acceptors (Lipinski definition) is 4. The average molecular weight is 423 g/mol. The zero-order chi connectivity index (χ0) is 18.6. The Morgan fingerprint density at radius 1 is 1.00 bits per heavy atom. The van der Waals surface area contributed by atoms with Crippen LogP contribution in [-0.4, -0.2) is 16.2 Å². The van der Waals surface area contributed by atoms with Gasteiger partial charge < -0.3 is 5.32 Å². The molecule has 1 aromatic carbocycles. The number of benzene rings is 1. The highest BCUT2D eigenvalue weighted by molar-refractivity contribution is 7.15. The van der Waals surface area contributed by atoms with E-state index >= 15 is 0 Å². The molecule has 2 amide bonds. The lowest BCUT2D eigenvalue weighted by atomic mass is 9.50. The second-order valence-electron chi connectivity index (χ2n) is 8.32. The van der Waals surface area contributed by atoms with E-state index in [0.29, 0.717) is 20.9 Å². The first-order chi connectivity index (χ1) is 13.0. The maximum absolute atomic E-state index is 12.3. The predicted octanol–water partition coefficient (Wildman–Crippen LogP) is 5.96. The van der Waals surface area contributed by atoms with E-state index in [1.54, 1.807) is 18.2 Å². The first-order valence-corrected chi connectivity index (χ1v) is 10.9. The third kappa shape index (κ3) is 3.32. The van der Waals surface area contributed by atoms with Gasteiger partial charge in [0.2, 0.25) is 5.13 Å². The number of anilines is 2. The molecule has 4 bridgehead atoms. The van der Waals surface area contributed by atoms with Crippen LogP contribution in [0.4, 0.5) is 15.6 Å². The SMILES string of the molecule is O=C(Nc1ccc(Cl)c(Cl)c1)Nc1nnc(C23CC4CC(CC(C4)C2)C3)s1. The van der Waals surface area contributed by atoms with Crippen molar-refractivity contribution < 1.29 is 4.79 Å². The van der Waals surface area contributed by atoms with E-state index in [1.807, 2.05) is 0 Å². The first-order valence-electron chi connectivity index (χ1n) is 9.36. The number of amides is 2. The Morgan fingerprint density at radius 2 is 1.67 bits per heavy atom. The largest absolute Gasteiger partial charge is 0.325 e. The number of hydrogen-bond donors (Lipinski definition) is 2. The highest BCUT2D eigenvalue weighted by atomic mass is 35.5. The smallest absolute Gasteiger partial charge is 0.308 e. The summed E-state index contributed by atoms with van der Waals surface area (Å²) in [6.07, 6.45) is 7.91. The number of aromatic nitrogens is 2. The molecule has 0 unspecified atom stereocenters. The van der Waals surface area contributed by atoms with E-state index in [2.05, 4.69) is 20.8 Å². The van der Waals surface area contributed by atoms with Crippen LogP contribution in [0.5, 0.6) is 0 Å². The summed E-state index contributed by atoms with van der Waals surface area (Å²) < 4.78 is 0. The second kappa shape index (κ2) is 6.61. The number of carbonyl (C=O) groups is 1. The van der Waals surface area contributed by atoms with Gasteiger partial charge in [0.1, 0.15) is 5.01 Å². The van der Waals surface area contributed by atoms with Gasteiger partial charge in [-0.25, -0.2) is 4.79 Å². The Labute approximate surface area is 171 Å². The Bertz CT molecular complexity index is 864. The van der Waals surface area contributed by atoms with Gasteiger partial charge in [-0.1, -0.05) is 34.5 Å². The van der Waals surface area contributed by atoms with Crippen molar-refractivity contribution in [1.82, 2.24) is 10.2 Å². The molecule has 4 aliphatic rings. The average Bonchev–Trinajstić information content (AvgIpc) is 3.06. The fraction of sp³-hybridized carbons (Fsp3) is 0.526. The maximum atomic E-state index is 12.3. The van der Waals surface area contributed by atoms with Crippen LogP contribution in [0.15, 0.2) is 18.2 Å². The lowest BCUT2D eigenvalue weighted by molar-refractivity contribution is -0.00555. The van der Waals surface area contributed by atoms with Gasteiger partial charge in [-0.05, 0) is 74.5 Å². The minimum absolute atomic E-state index is 0.201. The minimum Gasteiger partial charge on any atom is -0.308 e. The van der Waals surface area contributed by atoms with Gasteiger partial charge >= 0.3 is 6.03 Å². The molecule has 0 saturated heterocycles. The number of urea groups is 1. The number of rotatable bonds is 3. The molecule has 5 nitrogen and oxygen atoms in total. The number of nitrogens with zero attached hydrogens (tertiary/aromatic N) is 2. The van der Waals surface area contributed by atoms with Crippen LogP contribution in [0.25, 0.3) is 0 Å². The van der Waals surface area contributed by atoms with Gasteiger partial charge in [-0.2, -0.15) is 0 Å². The predicted molar refractivity (Wildman–Crippen MR) is 109 cm³/mol. The molecule has 6 rings (SSSR count). The second-order valence-corrected chi connectivity index (χ2v) is 10.1. The summed E-state index contributed by atoms with van der Waals surface area (Å²) in [5.41, 5.74) is 0.778. The summed E-state index contributed by atoms with van der Waals surface area (Å²) in [5.74, 6) is 2.57. The molecule has 27 heavy (non-hydrogen) atoms. The molecule has 2 aromatic rings. The van der Waals surface area contributed by atoms with Gasteiger partial charge in [0, 0.05) is 11.1 Å². The van der Waals surface area contributed by atoms with Gasteiger partial charge in [0.15, 0.2) is 0 Å². The summed E-state index contributed by atoms with van der Waals surface area (Å²) in [4.78, 5) is 12.3. The summed E-state index contributed by atoms with van der Waals surface area (Å²) in [6.45, 7) is 0. The molecule has 4 fully saturated rings. The van der Waals surface area contributed by atoms with E-state index in [1.165, 1.54) is 49.9 Å². The van der Waals surface area contributed by atoms with Crippen molar-refractivity contribution in [2.24, 2.45) is 17.8 Å². The van der Waals surface area contributed by atoms with Crippen molar-refractivity contribution in [3.8, 4) is 0 Å². The fourth-order valence-corrected chi connectivity index (χ4v) is 6.95. The topological polar surface area (TPSA) is 66.9 Å². The van der Waals surface area contributed by atoms with E-state index in [9.17, 15) is 4.79 Å². The number of halogens is 2. The standard InChI is InChI=1S/C19H20Cl2N4OS/c20-14-2-1-13(6-15(14)21)22-17(26)23-18-25-24-16(27-18)19-7-10-3-11(8-19)5-12(4-10)9-19/h1-2,6,10-12H,3-5,7-9H2,(H2,22,23,25,26). The highest BCUT2D eigenvalue weighted by Crippen LogP contribution is 2.61. The quantitative estimate of drug-likeness (QED) is 0.641. The van der Waals surface area contributed by atoms with E-state index < -0.39 is 0 Å². The summed E-state index contributed by atoms with van der Waals surface area (Å²) >= 11 is 13.4. The minimum atomic E-state index is -0.360. The molecule has 2 N–H and O–H groups in total. The van der Waals surface area contributed by atoms with Gasteiger partial charge in [0.25, 0.3) is 0 Å². The molecule has 4 saturated carbocycles. The molecule has 0 spiro atoms. The molecular weight excluding hydrogens is 403 g/mol. The third-order valence-corrected chi connectivity index (χ3v) is 8.14. The molecule has 0 aliphatic heterocycles. The molecule has 1 aromatic heterocycles. The number of nitrogens with one attached hydrogen (secondary N) is 2. The van der Waals surface area contributed by atoms with Crippen LogP contribution in [0.2, 0.25) is 10.0 Å². The van der Waals surface area contributed by atoms with Crippen LogP contribution in [0.3, 0.4) is 0 Å². The van der Waals surface area contributed by atoms with Crippen molar-refractivity contribution >= 4 is 51.4 Å². The van der Waals surface area contributed by atoms with Crippen molar-refractivity contribution in [2.45, 2.75) is 43.9 Å². The first kappa shape index (κ1) is 17.7. The summed E-state index contributed by atoms with van der Waals surface area (Å²) in [7, 11) is 0. The van der Waals surface area contributed by atoms with E-state index in [0.717, 1.165) is 22.8 Å². The van der Waals surface area contributed by atoms with Crippen LogP contribution in [0.1, 0.15) is 43.5 Å². The molecule has 0 radical (unpaired) electrons. The normalized spacial score (nSPS) is 31.1. The molecule has 8 heteroatoms. The van der Waals surface area contributed by atoms with Crippen LogP contribution in [0, 0.1) is 17.8 Å². The maximum Gasteiger partial charge on any atom is 0.325 e. The zero-order valence-corrected chi connectivity index (χ0v) is 17.0. The Morgan fingerprint density at radius 3 is 2.30 bits per heavy atom. The third-order valence-electron chi connectivity index (χ3n) is 6.31. The molecule has 4 aliphatic carbocycles. The van der Waals surface area contributed by atoms with Crippen LogP contribution < -0.4 is 10.6 Å². The number of carbonyl (C=O) groups excluding carboxylic acids is 1. The summed E-state index contributed by atoms with van der Waals surface area (Å²) in [6, 6.07) is 4.61. The zero-order valence-electron chi connectivity index (χ0n) is 14.7. The van der Waals surface area contributed by atoms with E-state index in [4.69, 9.17) is 23.2 Å². The van der Waals surface area contributed by atoms with Crippen molar-refractivity contribution in [3.63, 3.8) is 0 Å². The van der Waals surface area contributed by atoms with Crippen LogP contribution >= 0.6 is 34.5 Å². The summed E-state index contributed by atoms with van der Waals surface area (Å²) in [5, 5.41) is 16.8. The Balaban J connectivity index is 1.28. The molecule has 1 heterocycles. The van der Waals surface area contributed by atoms with Crippen LogP contribution in [-0.2, 0) is 5.41 Å². The lowest BCUT2D eigenvalue weighted by Gasteiger charge is -2.55. The highest BCUT2D eigenvalue weighted by Gasteiger charge is 2.53. The van der Waals surface area contributed by atoms with Crippen molar-refractivity contribution in [1.29, 1.82) is 0 Å². The van der Waals surface area contributed by atoms with Gasteiger partial charge in [0.05, 0.1) is 10.0 Å². The van der Waals surface area contributed by atoms with Crippen molar-refractivity contribution in [3.05, 3.63) is 33.3 Å². The van der Waals surface area contributed by atoms with Gasteiger partial charge in [-0.3, -0.25) is 5.32 Å². The Kier molecular flexibility index (Phi) is 4.33. The monoisotopic (exact) mass is 422 g/mol. The fourth-order valence-electron chi connectivity index (χ4n) is 5.69. The molecule has 0 atom stereocenters.